The fourth-order valence-electron chi connectivity index (χ4n) is 4.08. The molecule has 30 heavy (non-hydrogen) atoms. The molecule has 1 fully saturated rings. The summed E-state index contributed by atoms with van der Waals surface area (Å²) in [6.45, 7) is 3.84. The molecule has 3 aromatic rings. The van der Waals surface area contributed by atoms with E-state index in [2.05, 4.69) is 77.3 Å². The van der Waals surface area contributed by atoms with E-state index in [9.17, 15) is 0 Å². The van der Waals surface area contributed by atoms with Crippen LogP contribution in [0.2, 0.25) is 10.0 Å². The fourth-order valence-corrected chi connectivity index (χ4v) is 4.33. The van der Waals surface area contributed by atoms with Gasteiger partial charge in [-0.25, -0.2) is 0 Å². The first-order valence-electron chi connectivity index (χ1n) is 10.2. The second kappa shape index (κ2) is 9.40. The molecule has 1 saturated heterocycles. The smallest absolute Gasteiger partial charge is 0.0892 e. The predicted molar refractivity (Wildman–Crippen MR) is 127 cm³/mol. The van der Waals surface area contributed by atoms with Crippen molar-refractivity contribution in [3.8, 4) is 0 Å². The van der Waals surface area contributed by atoms with E-state index < -0.39 is 0 Å². The van der Waals surface area contributed by atoms with Gasteiger partial charge >= 0.3 is 0 Å². The summed E-state index contributed by atoms with van der Waals surface area (Å²) < 4.78 is 0. The Labute approximate surface area is 189 Å². The molecule has 1 aliphatic rings. The van der Waals surface area contributed by atoms with Crippen LogP contribution >= 0.6 is 23.2 Å². The van der Waals surface area contributed by atoms with Crippen LogP contribution in [0.4, 0.5) is 5.69 Å². The number of hydrogen-bond donors (Lipinski definition) is 0. The summed E-state index contributed by atoms with van der Waals surface area (Å²) in [6.07, 6.45) is 0.229. The van der Waals surface area contributed by atoms with Crippen molar-refractivity contribution < 1.29 is 0 Å². The van der Waals surface area contributed by atoms with Crippen LogP contribution < -0.4 is 4.90 Å². The first-order valence-corrected chi connectivity index (χ1v) is 11.0. The van der Waals surface area contributed by atoms with E-state index in [1.807, 2.05) is 24.3 Å². The largest absolute Gasteiger partial charge is 0.378 e. The molecular weight excluding hydrogens is 413 g/mol. The third-order valence-electron chi connectivity index (χ3n) is 5.67. The van der Waals surface area contributed by atoms with Crippen molar-refractivity contribution >= 4 is 28.9 Å². The average molecular weight is 440 g/mol. The molecule has 4 rings (SSSR count). The molecule has 0 aliphatic carbocycles. The van der Waals surface area contributed by atoms with Gasteiger partial charge in [0.2, 0.25) is 0 Å². The van der Waals surface area contributed by atoms with E-state index in [1.54, 1.807) is 0 Å². The van der Waals surface area contributed by atoms with Crippen LogP contribution in [0, 0.1) is 0 Å². The third kappa shape index (κ3) is 4.98. The van der Waals surface area contributed by atoms with Crippen LogP contribution in [0.3, 0.4) is 0 Å². The van der Waals surface area contributed by atoms with E-state index in [4.69, 9.17) is 23.2 Å². The Balaban J connectivity index is 1.60. The van der Waals surface area contributed by atoms with Gasteiger partial charge in [0, 0.05) is 56.0 Å². The second-order valence-electron chi connectivity index (χ2n) is 8.05. The number of halogens is 2. The number of nitrogens with zero attached hydrogens (tertiary/aromatic N) is 3. The Hall–Kier alpha value is -2.04. The monoisotopic (exact) mass is 439 g/mol. The highest BCUT2D eigenvalue weighted by molar-refractivity contribution is 6.30. The Morgan fingerprint density at radius 2 is 1.13 bits per heavy atom. The molecule has 0 saturated carbocycles. The first-order chi connectivity index (χ1) is 14.5. The molecule has 0 bridgehead atoms. The summed E-state index contributed by atoms with van der Waals surface area (Å²) in [5.74, 6) is 0. The van der Waals surface area contributed by atoms with Crippen molar-refractivity contribution in [2.24, 2.45) is 0 Å². The van der Waals surface area contributed by atoms with Crippen LogP contribution in [-0.2, 0) is 13.1 Å². The van der Waals surface area contributed by atoms with Gasteiger partial charge in [0.05, 0.1) is 6.17 Å². The Morgan fingerprint density at radius 3 is 1.53 bits per heavy atom. The molecule has 0 amide bonds. The first kappa shape index (κ1) is 21.2. The highest BCUT2D eigenvalue weighted by Gasteiger charge is 2.33. The lowest BCUT2D eigenvalue weighted by Gasteiger charge is -2.31. The maximum atomic E-state index is 6.08. The average Bonchev–Trinajstić information content (AvgIpc) is 3.13. The molecule has 0 aromatic heterocycles. The van der Waals surface area contributed by atoms with Crippen molar-refractivity contribution in [3.63, 3.8) is 0 Å². The van der Waals surface area contributed by atoms with Gasteiger partial charge in [0.15, 0.2) is 0 Å². The standard InChI is InChI=1S/C25H27Cl2N3/c1-28(2)24-13-7-21(8-14-24)25-29(17-19-3-9-22(26)10-4-19)15-16-30(25)18-20-5-11-23(27)12-6-20/h3-14,25H,15-18H2,1-2H3. The van der Waals surface area contributed by atoms with Crippen LogP contribution in [0.15, 0.2) is 72.8 Å². The highest BCUT2D eigenvalue weighted by Crippen LogP contribution is 2.34. The summed E-state index contributed by atoms with van der Waals surface area (Å²) in [7, 11) is 4.15. The quantitative estimate of drug-likeness (QED) is 0.460. The molecule has 0 N–H and O–H groups in total. The molecule has 0 atom stereocenters. The highest BCUT2D eigenvalue weighted by atomic mass is 35.5. The molecule has 0 radical (unpaired) electrons. The van der Waals surface area contributed by atoms with Gasteiger partial charge in [-0.3, -0.25) is 9.80 Å². The summed E-state index contributed by atoms with van der Waals surface area (Å²) >= 11 is 12.2. The van der Waals surface area contributed by atoms with Gasteiger partial charge in [0.1, 0.15) is 0 Å². The molecule has 3 nitrogen and oxygen atoms in total. The van der Waals surface area contributed by atoms with Gasteiger partial charge in [0.25, 0.3) is 0 Å². The number of anilines is 1. The lowest BCUT2D eigenvalue weighted by molar-refractivity contribution is 0.126. The van der Waals surface area contributed by atoms with Gasteiger partial charge in [-0.1, -0.05) is 59.6 Å². The summed E-state index contributed by atoms with van der Waals surface area (Å²) in [5.41, 5.74) is 5.09. The fraction of sp³-hybridized carbons (Fsp3) is 0.280. The number of hydrogen-bond acceptors (Lipinski definition) is 3. The predicted octanol–water partition coefficient (Wildman–Crippen LogP) is 6.08. The SMILES string of the molecule is CN(C)c1ccc(C2N(Cc3ccc(Cl)cc3)CCN2Cc2ccc(Cl)cc2)cc1. The minimum atomic E-state index is 0.229. The van der Waals surface area contributed by atoms with E-state index in [1.165, 1.54) is 22.4 Å². The number of benzene rings is 3. The minimum absolute atomic E-state index is 0.229. The molecule has 156 valence electrons. The van der Waals surface area contributed by atoms with E-state index in [0.29, 0.717) is 0 Å². The Morgan fingerprint density at radius 1 is 0.700 bits per heavy atom. The van der Waals surface area contributed by atoms with E-state index >= 15 is 0 Å². The Kier molecular flexibility index (Phi) is 6.64. The van der Waals surface area contributed by atoms with Crippen LogP contribution in [0.5, 0.6) is 0 Å². The maximum absolute atomic E-state index is 6.08. The van der Waals surface area contributed by atoms with Crippen LogP contribution in [0.25, 0.3) is 0 Å². The summed E-state index contributed by atoms with van der Waals surface area (Å²) in [6, 6.07) is 25.3. The summed E-state index contributed by atoms with van der Waals surface area (Å²) in [5, 5.41) is 1.56. The molecular formula is C25H27Cl2N3. The van der Waals surface area contributed by atoms with Crippen molar-refractivity contribution in [2.45, 2.75) is 19.3 Å². The second-order valence-corrected chi connectivity index (χ2v) is 8.93. The van der Waals surface area contributed by atoms with Crippen molar-refractivity contribution in [2.75, 3.05) is 32.1 Å². The topological polar surface area (TPSA) is 9.72 Å². The zero-order chi connectivity index (χ0) is 21.1. The summed E-state index contributed by atoms with van der Waals surface area (Å²) in [4.78, 5) is 7.23. The minimum Gasteiger partial charge on any atom is -0.378 e. The van der Waals surface area contributed by atoms with Crippen molar-refractivity contribution in [3.05, 3.63) is 99.5 Å². The van der Waals surface area contributed by atoms with Crippen LogP contribution in [0.1, 0.15) is 22.9 Å². The normalized spacial score (nSPS) is 15.6. The van der Waals surface area contributed by atoms with Gasteiger partial charge in [-0.15, -0.1) is 0 Å². The molecule has 0 spiro atoms. The molecule has 1 aliphatic heterocycles. The van der Waals surface area contributed by atoms with Crippen molar-refractivity contribution in [1.82, 2.24) is 9.80 Å². The molecule has 0 unspecified atom stereocenters. The van der Waals surface area contributed by atoms with Crippen molar-refractivity contribution in [1.29, 1.82) is 0 Å². The molecule has 3 aromatic carbocycles. The van der Waals surface area contributed by atoms with Crippen LogP contribution in [-0.4, -0.2) is 37.0 Å². The van der Waals surface area contributed by atoms with E-state index in [-0.39, 0.29) is 6.17 Å². The zero-order valence-corrected chi connectivity index (χ0v) is 18.9. The Bertz CT molecular complexity index is 898. The van der Waals surface area contributed by atoms with Gasteiger partial charge in [-0.2, -0.15) is 0 Å². The van der Waals surface area contributed by atoms with Gasteiger partial charge in [-0.05, 0) is 53.1 Å². The zero-order valence-electron chi connectivity index (χ0n) is 17.4. The molecule has 1 heterocycles. The number of rotatable bonds is 6. The van der Waals surface area contributed by atoms with Gasteiger partial charge < -0.3 is 4.90 Å². The van der Waals surface area contributed by atoms with E-state index in [0.717, 1.165) is 36.2 Å². The maximum Gasteiger partial charge on any atom is 0.0892 e. The lowest BCUT2D eigenvalue weighted by Crippen LogP contribution is -2.30. The lowest BCUT2D eigenvalue weighted by atomic mass is 10.1. The third-order valence-corrected chi connectivity index (χ3v) is 6.18. The molecule has 5 heteroatoms.